The van der Waals surface area contributed by atoms with E-state index in [2.05, 4.69) is 37.7 Å². The topological polar surface area (TPSA) is 107 Å². The van der Waals surface area contributed by atoms with E-state index in [0.29, 0.717) is 52.0 Å². The predicted octanol–water partition coefficient (Wildman–Crippen LogP) is 4.86. The number of hydrogen-bond acceptors (Lipinski definition) is 7. The van der Waals surface area contributed by atoms with E-state index >= 15 is 0 Å². The molecule has 0 radical (unpaired) electrons. The van der Waals surface area contributed by atoms with Gasteiger partial charge in [-0.3, -0.25) is 10.3 Å². The molecule has 0 aliphatic rings. The average molecular weight is 488 g/mol. The largest absolute Gasteiger partial charge is 0.493 e. The number of nitrogens with zero attached hydrogens (tertiary/aromatic N) is 3. The third-order valence-corrected chi connectivity index (χ3v) is 5.65. The molecule has 0 saturated carbocycles. The molecule has 0 unspecified atom stereocenters. The number of anilines is 1. The van der Waals surface area contributed by atoms with Gasteiger partial charge < -0.3 is 19.5 Å². The number of ether oxygens (including phenoxy) is 3. The lowest BCUT2D eigenvalue weighted by Crippen LogP contribution is -2.29. The van der Waals surface area contributed by atoms with E-state index < -0.39 is 0 Å². The summed E-state index contributed by atoms with van der Waals surface area (Å²) in [5.41, 5.74) is 3.52. The first-order chi connectivity index (χ1) is 17.6. The fraction of sp³-hybridized carbons (Fsp3) is 0.259. The van der Waals surface area contributed by atoms with Gasteiger partial charge in [-0.2, -0.15) is 0 Å². The Morgan fingerprint density at radius 3 is 2.42 bits per heavy atom. The lowest BCUT2D eigenvalue weighted by atomic mass is 10.1. The Kier molecular flexibility index (Phi) is 8.12. The van der Waals surface area contributed by atoms with Crippen LogP contribution < -0.4 is 24.8 Å². The Morgan fingerprint density at radius 2 is 1.67 bits per heavy atom. The number of benzene rings is 2. The summed E-state index contributed by atoms with van der Waals surface area (Å²) >= 11 is 0. The van der Waals surface area contributed by atoms with Gasteiger partial charge in [-0.05, 0) is 49.1 Å². The van der Waals surface area contributed by atoms with Gasteiger partial charge in [0.25, 0.3) is 0 Å². The summed E-state index contributed by atoms with van der Waals surface area (Å²) in [7, 11) is 4.66. The maximum atomic E-state index is 12.3. The standard InChI is InChI=1S/C27H29N5O4/c1-34-22-14-12-19(24(35-2)25(22)36-3)21-17-29-20-13-15-23(31-26(20)30-21)32-27(33)28-16-8-7-11-18-9-5-4-6-10-18/h4-6,9-10,12-15,17H,7-8,11,16H2,1-3H3,(H2,28,30,31,32,33). The first kappa shape index (κ1) is 24.7. The van der Waals surface area contributed by atoms with Crippen molar-refractivity contribution in [2.75, 3.05) is 33.2 Å². The molecule has 2 aromatic carbocycles. The van der Waals surface area contributed by atoms with Gasteiger partial charge in [-0.25, -0.2) is 14.8 Å². The Balaban J connectivity index is 1.42. The Hall–Kier alpha value is -4.40. The summed E-state index contributed by atoms with van der Waals surface area (Å²) < 4.78 is 16.4. The number of pyridine rings is 1. The molecule has 9 heteroatoms. The lowest BCUT2D eigenvalue weighted by molar-refractivity contribution is 0.252. The quantitative estimate of drug-likeness (QED) is 0.308. The van der Waals surface area contributed by atoms with Gasteiger partial charge in [0.1, 0.15) is 11.3 Å². The van der Waals surface area contributed by atoms with Gasteiger partial charge in [-0.1, -0.05) is 30.3 Å². The van der Waals surface area contributed by atoms with Crippen molar-refractivity contribution in [3.8, 4) is 28.5 Å². The van der Waals surface area contributed by atoms with Crippen molar-refractivity contribution in [1.82, 2.24) is 20.3 Å². The van der Waals surface area contributed by atoms with Crippen LogP contribution in [0.4, 0.5) is 10.6 Å². The van der Waals surface area contributed by atoms with E-state index in [4.69, 9.17) is 14.2 Å². The minimum Gasteiger partial charge on any atom is -0.493 e. The first-order valence-corrected chi connectivity index (χ1v) is 11.6. The molecule has 0 spiro atoms. The van der Waals surface area contributed by atoms with E-state index in [1.54, 1.807) is 45.7 Å². The molecule has 2 amide bonds. The predicted molar refractivity (Wildman–Crippen MR) is 139 cm³/mol. The highest BCUT2D eigenvalue weighted by Crippen LogP contribution is 2.43. The van der Waals surface area contributed by atoms with Gasteiger partial charge in [0, 0.05) is 12.1 Å². The van der Waals surface area contributed by atoms with Crippen LogP contribution in [-0.2, 0) is 6.42 Å². The van der Waals surface area contributed by atoms with Crippen LogP contribution in [0, 0.1) is 0 Å². The molecule has 0 saturated heterocycles. The Morgan fingerprint density at radius 1 is 0.861 bits per heavy atom. The van der Waals surface area contributed by atoms with Crippen LogP contribution in [0.5, 0.6) is 17.2 Å². The van der Waals surface area contributed by atoms with Gasteiger partial charge in [0.05, 0.1) is 33.2 Å². The second-order valence-electron chi connectivity index (χ2n) is 8.00. The molecule has 0 bridgehead atoms. The number of fused-ring (bicyclic) bond motifs is 1. The Bertz CT molecular complexity index is 1330. The number of carbonyl (C=O) groups is 1. The molecule has 2 N–H and O–H groups in total. The molecule has 0 fully saturated rings. The van der Waals surface area contributed by atoms with Gasteiger partial charge in [0.15, 0.2) is 17.1 Å². The van der Waals surface area contributed by atoms with Crippen molar-refractivity contribution in [3.63, 3.8) is 0 Å². The first-order valence-electron chi connectivity index (χ1n) is 11.6. The number of methoxy groups -OCH3 is 3. The number of aryl methyl sites for hydroxylation is 1. The van der Waals surface area contributed by atoms with E-state index in [9.17, 15) is 4.79 Å². The maximum absolute atomic E-state index is 12.3. The Labute approximate surface area is 209 Å². The van der Waals surface area contributed by atoms with Crippen LogP contribution in [0.25, 0.3) is 22.4 Å². The number of amides is 2. The van der Waals surface area contributed by atoms with Gasteiger partial charge in [0.2, 0.25) is 5.75 Å². The fourth-order valence-corrected chi connectivity index (χ4v) is 3.86. The SMILES string of the molecule is COc1ccc(-c2cnc3ccc(NC(=O)NCCCCc4ccccc4)nc3n2)c(OC)c1OC. The van der Waals surface area contributed by atoms with Crippen LogP contribution in [0.2, 0.25) is 0 Å². The number of rotatable bonds is 10. The molecule has 0 aliphatic carbocycles. The van der Waals surface area contributed by atoms with Crippen molar-refractivity contribution in [2.24, 2.45) is 0 Å². The van der Waals surface area contributed by atoms with E-state index in [-0.39, 0.29) is 6.03 Å². The summed E-state index contributed by atoms with van der Waals surface area (Å²) in [6, 6.07) is 17.1. The van der Waals surface area contributed by atoms with E-state index in [1.807, 2.05) is 24.3 Å². The summed E-state index contributed by atoms with van der Waals surface area (Å²) in [6.07, 6.45) is 4.51. The zero-order valence-electron chi connectivity index (χ0n) is 20.6. The van der Waals surface area contributed by atoms with Gasteiger partial charge in [-0.15, -0.1) is 0 Å². The monoisotopic (exact) mass is 487 g/mol. The molecule has 0 aliphatic heterocycles. The van der Waals surface area contributed by atoms with Crippen LogP contribution in [0.1, 0.15) is 18.4 Å². The van der Waals surface area contributed by atoms with Crippen molar-refractivity contribution in [3.05, 3.63) is 66.4 Å². The van der Waals surface area contributed by atoms with E-state index in [1.165, 1.54) is 5.56 Å². The fourth-order valence-electron chi connectivity index (χ4n) is 3.86. The molecule has 9 nitrogen and oxygen atoms in total. The van der Waals surface area contributed by atoms with Crippen molar-refractivity contribution in [1.29, 1.82) is 0 Å². The third kappa shape index (κ3) is 5.80. The molecular weight excluding hydrogens is 458 g/mol. The number of nitrogens with one attached hydrogen (secondary N) is 2. The highest BCUT2D eigenvalue weighted by Gasteiger charge is 2.18. The van der Waals surface area contributed by atoms with Crippen LogP contribution in [-0.4, -0.2) is 48.9 Å². The number of unbranched alkanes of at least 4 members (excludes halogenated alkanes) is 1. The van der Waals surface area contributed by atoms with Crippen molar-refractivity contribution in [2.45, 2.75) is 19.3 Å². The molecule has 2 aromatic heterocycles. The zero-order valence-corrected chi connectivity index (χ0v) is 20.6. The number of aromatic nitrogens is 3. The van der Waals surface area contributed by atoms with Crippen molar-refractivity contribution < 1.29 is 19.0 Å². The van der Waals surface area contributed by atoms with Crippen LogP contribution >= 0.6 is 0 Å². The second-order valence-corrected chi connectivity index (χ2v) is 8.00. The van der Waals surface area contributed by atoms with Gasteiger partial charge >= 0.3 is 6.03 Å². The molecular formula is C27H29N5O4. The molecule has 2 heterocycles. The third-order valence-electron chi connectivity index (χ3n) is 5.65. The highest BCUT2D eigenvalue weighted by molar-refractivity contribution is 5.89. The summed E-state index contributed by atoms with van der Waals surface area (Å²) in [5.74, 6) is 1.87. The number of carbonyl (C=O) groups excluding carboxylic acids is 1. The average Bonchev–Trinajstić information content (AvgIpc) is 2.92. The maximum Gasteiger partial charge on any atom is 0.320 e. The minimum atomic E-state index is -0.313. The molecule has 186 valence electrons. The minimum absolute atomic E-state index is 0.313. The lowest BCUT2D eigenvalue weighted by Gasteiger charge is -2.15. The van der Waals surface area contributed by atoms with Crippen LogP contribution in [0.3, 0.4) is 0 Å². The molecule has 4 rings (SSSR count). The second kappa shape index (κ2) is 11.8. The normalized spacial score (nSPS) is 10.6. The van der Waals surface area contributed by atoms with Crippen molar-refractivity contribution >= 4 is 23.0 Å². The zero-order chi connectivity index (χ0) is 25.3. The molecule has 0 atom stereocenters. The number of hydrogen-bond donors (Lipinski definition) is 2. The molecule has 4 aromatic rings. The van der Waals surface area contributed by atoms with Crippen LogP contribution in [0.15, 0.2) is 60.8 Å². The molecule has 36 heavy (non-hydrogen) atoms. The summed E-state index contributed by atoms with van der Waals surface area (Å²) in [4.78, 5) is 25.9. The number of urea groups is 1. The highest BCUT2D eigenvalue weighted by atomic mass is 16.5. The van der Waals surface area contributed by atoms with E-state index in [0.717, 1.165) is 19.3 Å². The summed E-state index contributed by atoms with van der Waals surface area (Å²) in [6.45, 7) is 0.579. The summed E-state index contributed by atoms with van der Waals surface area (Å²) in [5, 5.41) is 5.64. The smallest absolute Gasteiger partial charge is 0.320 e.